The van der Waals surface area contributed by atoms with Crippen LogP contribution in [0.1, 0.15) is 15.9 Å². The Morgan fingerprint density at radius 1 is 1.38 bits per heavy atom. The quantitative estimate of drug-likeness (QED) is 0.752. The molecule has 0 unspecified atom stereocenters. The van der Waals surface area contributed by atoms with Crippen LogP contribution in [0.25, 0.3) is 0 Å². The lowest BCUT2D eigenvalue weighted by molar-refractivity contribution is 0.112. The van der Waals surface area contributed by atoms with Gasteiger partial charge in [-0.15, -0.1) is 0 Å². The van der Waals surface area contributed by atoms with Crippen LogP contribution >= 0.6 is 11.6 Å². The fourth-order valence-electron chi connectivity index (χ4n) is 1.49. The molecule has 0 spiro atoms. The zero-order valence-corrected chi connectivity index (χ0v) is 9.12. The van der Waals surface area contributed by atoms with Gasteiger partial charge < -0.3 is 4.57 Å². The SMILES string of the molecule is O=Cc1ccn(Cc2c(F)cccc2Cl)c1. The second kappa shape index (κ2) is 4.49. The standard InChI is InChI=1S/C12H9ClFNO/c13-11-2-1-3-12(14)10(11)7-15-5-4-9(6-15)8-16/h1-6,8H,7H2. The first-order chi connectivity index (χ1) is 7.70. The molecule has 0 saturated heterocycles. The highest BCUT2D eigenvalue weighted by molar-refractivity contribution is 6.31. The topological polar surface area (TPSA) is 22.0 Å². The molecule has 2 nitrogen and oxygen atoms in total. The number of carbonyl (C=O) groups excluding carboxylic acids is 1. The van der Waals surface area contributed by atoms with E-state index in [9.17, 15) is 9.18 Å². The van der Waals surface area contributed by atoms with Crippen LogP contribution < -0.4 is 0 Å². The predicted octanol–water partition coefficient (Wildman–Crippen LogP) is 3.14. The molecule has 0 aliphatic carbocycles. The van der Waals surface area contributed by atoms with Gasteiger partial charge in [-0.2, -0.15) is 0 Å². The van der Waals surface area contributed by atoms with Crippen molar-refractivity contribution >= 4 is 17.9 Å². The highest BCUT2D eigenvalue weighted by Gasteiger charge is 2.07. The van der Waals surface area contributed by atoms with Crippen molar-refractivity contribution in [2.24, 2.45) is 0 Å². The van der Waals surface area contributed by atoms with Crippen molar-refractivity contribution < 1.29 is 9.18 Å². The number of carbonyl (C=O) groups is 1. The second-order valence-corrected chi connectivity index (χ2v) is 3.84. The summed E-state index contributed by atoms with van der Waals surface area (Å²) in [5.41, 5.74) is 0.990. The average Bonchev–Trinajstić information content (AvgIpc) is 2.71. The number of benzene rings is 1. The smallest absolute Gasteiger partial charge is 0.151 e. The number of aromatic nitrogens is 1. The van der Waals surface area contributed by atoms with Crippen molar-refractivity contribution in [2.75, 3.05) is 0 Å². The molecule has 2 aromatic rings. The van der Waals surface area contributed by atoms with Crippen molar-refractivity contribution in [1.29, 1.82) is 0 Å². The normalized spacial score (nSPS) is 10.4. The van der Waals surface area contributed by atoms with E-state index in [1.165, 1.54) is 6.07 Å². The van der Waals surface area contributed by atoms with Crippen LogP contribution in [0.4, 0.5) is 4.39 Å². The van der Waals surface area contributed by atoms with Gasteiger partial charge in [-0.25, -0.2) is 4.39 Å². The lowest BCUT2D eigenvalue weighted by Gasteiger charge is -2.06. The largest absolute Gasteiger partial charge is 0.349 e. The van der Waals surface area contributed by atoms with Gasteiger partial charge in [0.05, 0.1) is 6.54 Å². The summed E-state index contributed by atoms with van der Waals surface area (Å²) in [6.45, 7) is 0.319. The van der Waals surface area contributed by atoms with Gasteiger partial charge in [0, 0.05) is 28.5 Å². The Hall–Kier alpha value is -1.61. The minimum absolute atomic E-state index is 0.319. The van der Waals surface area contributed by atoms with E-state index in [0.717, 1.165) is 6.29 Å². The fourth-order valence-corrected chi connectivity index (χ4v) is 1.72. The number of aldehydes is 1. The maximum atomic E-state index is 13.5. The second-order valence-electron chi connectivity index (χ2n) is 3.44. The maximum absolute atomic E-state index is 13.5. The van der Waals surface area contributed by atoms with Gasteiger partial charge in [-0.05, 0) is 18.2 Å². The van der Waals surface area contributed by atoms with Crippen molar-refractivity contribution in [3.8, 4) is 0 Å². The molecule has 82 valence electrons. The Morgan fingerprint density at radius 3 is 2.81 bits per heavy atom. The molecule has 1 aromatic heterocycles. The average molecular weight is 238 g/mol. The summed E-state index contributed by atoms with van der Waals surface area (Å²) >= 11 is 5.90. The third-order valence-electron chi connectivity index (χ3n) is 2.31. The maximum Gasteiger partial charge on any atom is 0.151 e. The van der Waals surface area contributed by atoms with Crippen LogP contribution in [0.15, 0.2) is 36.7 Å². The van der Waals surface area contributed by atoms with Crippen LogP contribution in [-0.2, 0) is 6.54 Å². The molecule has 0 saturated carbocycles. The number of hydrogen-bond donors (Lipinski definition) is 0. The fraction of sp³-hybridized carbons (Fsp3) is 0.0833. The summed E-state index contributed by atoms with van der Waals surface area (Å²) in [6.07, 6.45) is 4.11. The summed E-state index contributed by atoms with van der Waals surface area (Å²) in [5.74, 6) is -0.339. The minimum atomic E-state index is -0.339. The first-order valence-electron chi connectivity index (χ1n) is 4.74. The molecule has 4 heteroatoms. The monoisotopic (exact) mass is 237 g/mol. The van der Waals surface area contributed by atoms with Gasteiger partial charge in [0.25, 0.3) is 0 Å². The Kier molecular flexibility index (Phi) is 3.06. The van der Waals surface area contributed by atoms with E-state index < -0.39 is 0 Å². The zero-order chi connectivity index (χ0) is 11.5. The summed E-state index contributed by atoms with van der Waals surface area (Å²) in [6, 6.07) is 6.24. The van der Waals surface area contributed by atoms with Crippen LogP contribution in [0.2, 0.25) is 5.02 Å². The van der Waals surface area contributed by atoms with E-state index in [1.54, 1.807) is 35.2 Å². The molecule has 0 aliphatic heterocycles. The Morgan fingerprint density at radius 2 is 2.19 bits per heavy atom. The molecule has 0 aliphatic rings. The van der Waals surface area contributed by atoms with Crippen molar-refractivity contribution in [3.05, 3.63) is 58.6 Å². The van der Waals surface area contributed by atoms with Gasteiger partial charge in [0.15, 0.2) is 6.29 Å². The third-order valence-corrected chi connectivity index (χ3v) is 2.67. The zero-order valence-electron chi connectivity index (χ0n) is 8.36. The minimum Gasteiger partial charge on any atom is -0.349 e. The molecule has 0 fully saturated rings. The molecule has 0 atom stereocenters. The van der Waals surface area contributed by atoms with Crippen molar-refractivity contribution in [3.63, 3.8) is 0 Å². The van der Waals surface area contributed by atoms with E-state index in [-0.39, 0.29) is 5.82 Å². The molecule has 2 rings (SSSR count). The number of hydrogen-bond acceptors (Lipinski definition) is 1. The summed E-state index contributed by atoms with van der Waals surface area (Å²) < 4.78 is 15.2. The molecular weight excluding hydrogens is 229 g/mol. The Labute approximate surface area is 97.3 Å². The highest BCUT2D eigenvalue weighted by Crippen LogP contribution is 2.20. The van der Waals surface area contributed by atoms with E-state index in [1.807, 2.05) is 0 Å². The summed E-state index contributed by atoms with van der Waals surface area (Å²) in [4.78, 5) is 10.5. The third kappa shape index (κ3) is 2.14. The van der Waals surface area contributed by atoms with E-state index >= 15 is 0 Å². The van der Waals surface area contributed by atoms with E-state index in [4.69, 9.17) is 11.6 Å². The van der Waals surface area contributed by atoms with Crippen LogP contribution in [0, 0.1) is 5.82 Å². The first kappa shape index (κ1) is 10.9. The molecule has 0 bridgehead atoms. The molecule has 16 heavy (non-hydrogen) atoms. The molecule has 0 N–H and O–H groups in total. The van der Waals surface area contributed by atoms with Crippen LogP contribution in [0.3, 0.4) is 0 Å². The predicted molar refractivity (Wildman–Crippen MR) is 60.3 cm³/mol. The molecule has 0 amide bonds. The molecule has 1 heterocycles. The lowest BCUT2D eigenvalue weighted by Crippen LogP contribution is -2.00. The van der Waals surface area contributed by atoms with Crippen molar-refractivity contribution in [2.45, 2.75) is 6.54 Å². The number of rotatable bonds is 3. The number of halogens is 2. The molecular formula is C12H9ClFNO. The van der Waals surface area contributed by atoms with E-state index in [0.29, 0.717) is 22.7 Å². The van der Waals surface area contributed by atoms with Crippen molar-refractivity contribution in [1.82, 2.24) is 4.57 Å². The van der Waals surface area contributed by atoms with Gasteiger partial charge >= 0.3 is 0 Å². The van der Waals surface area contributed by atoms with Gasteiger partial charge in [0.2, 0.25) is 0 Å². The van der Waals surface area contributed by atoms with Crippen LogP contribution in [0.5, 0.6) is 0 Å². The number of nitrogens with zero attached hydrogens (tertiary/aromatic N) is 1. The van der Waals surface area contributed by atoms with E-state index in [2.05, 4.69) is 0 Å². The highest BCUT2D eigenvalue weighted by atomic mass is 35.5. The summed E-state index contributed by atoms with van der Waals surface area (Å²) in [5, 5.41) is 0.390. The Bertz CT molecular complexity index is 501. The first-order valence-corrected chi connectivity index (χ1v) is 5.12. The van der Waals surface area contributed by atoms with Gasteiger partial charge in [-0.3, -0.25) is 4.79 Å². The Balaban J connectivity index is 2.29. The summed E-state index contributed by atoms with van der Waals surface area (Å²) in [7, 11) is 0. The van der Waals surface area contributed by atoms with Gasteiger partial charge in [-0.1, -0.05) is 17.7 Å². The molecule has 0 radical (unpaired) electrons. The lowest BCUT2D eigenvalue weighted by atomic mass is 10.2. The van der Waals surface area contributed by atoms with Crippen LogP contribution in [-0.4, -0.2) is 10.9 Å². The molecule has 1 aromatic carbocycles. The van der Waals surface area contributed by atoms with Gasteiger partial charge in [0.1, 0.15) is 5.82 Å².